The van der Waals surface area contributed by atoms with Gasteiger partial charge in [-0.05, 0) is 31.9 Å². The molecular weight excluding hydrogens is 255 g/mol. The first-order valence-electron chi connectivity index (χ1n) is 7.33. The van der Waals surface area contributed by atoms with Crippen LogP contribution in [0.1, 0.15) is 38.2 Å². The summed E-state index contributed by atoms with van der Waals surface area (Å²) in [5, 5.41) is 3.37. The fourth-order valence-corrected chi connectivity index (χ4v) is 3.06. The summed E-state index contributed by atoms with van der Waals surface area (Å²) < 4.78 is 13.7. The quantitative estimate of drug-likeness (QED) is 0.898. The van der Waals surface area contributed by atoms with Crippen LogP contribution in [-0.4, -0.2) is 29.9 Å². The molecule has 1 amide bonds. The summed E-state index contributed by atoms with van der Waals surface area (Å²) in [5.41, 5.74) is 0.127. The maximum atomic E-state index is 13.7. The molecule has 0 aliphatic carbocycles. The molecule has 1 unspecified atom stereocenters. The molecule has 0 radical (unpaired) electrons. The minimum absolute atomic E-state index is 0.0834. The smallest absolute Gasteiger partial charge is 0.242 e. The van der Waals surface area contributed by atoms with E-state index in [1.807, 2.05) is 0 Å². The zero-order valence-corrected chi connectivity index (χ0v) is 12.3. The van der Waals surface area contributed by atoms with Crippen molar-refractivity contribution in [2.75, 3.05) is 13.6 Å². The van der Waals surface area contributed by atoms with Crippen LogP contribution in [0.4, 0.5) is 4.39 Å². The molecule has 0 aromatic heterocycles. The highest BCUT2D eigenvalue weighted by molar-refractivity contribution is 5.86. The fraction of sp³-hybridized carbons (Fsp3) is 0.562. The highest BCUT2D eigenvalue weighted by atomic mass is 19.1. The number of amides is 1. The molecule has 0 spiro atoms. The second-order valence-electron chi connectivity index (χ2n) is 5.62. The van der Waals surface area contributed by atoms with Gasteiger partial charge in [-0.2, -0.15) is 0 Å². The molecule has 20 heavy (non-hydrogen) atoms. The lowest BCUT2D eigenvalue weighted by molar-refractivity contribution is -0.137. The molecule has 1 atom stereocenters. The first-order valence-corrected chi connectivity index (χ1v) is 7.33. The summed E-state index contributed by atoms with van der Waals surface area (Å²) in [5.74, 6) is -0.170. The Morgan fingerprint density at radius 1 is 1.45 bits per heavy atom. The van der Waals surface area contributed by atoms with Gasteiger partial charge in [-0.1, -0.05) is 31.5 Å². The second kappa shape index (κ2) is 6.35. The van der Waals surface area contributed by atoms with Crippen molar-refractivity contribution in [1.82, 2.24) is 10.2 Å². The van der Waals surface area contributed by atoms with Crippen LogP contribution >= 0.6 is 0 Å². The molecule has 1 heterocycles. The molecule has 4 heteroatoms. The van der Waals surface area contributed by atoms with Gasteiger partial charge in [0.25, 0.3) is 0 Å². The van der Waals surface area contributed by atoms with E-state index in [-0.39, 0.29) is 11.7 Å². The van der Waals surface area contributed by atoms with E-state index in [4.69, 9.17) is 0 Å². The highest BCUT2D eigenvalue weighted by Crippen LogP contribution is 2.27. The molecule has 0 saturated carbocycles. The number of hydrogen-bond donors (Lipinski definition) is 1. The van der Waals surface area contributed by atoms with Crippen molar-refractivity contribution < 1.29 is 9.18 Å². The van der Waals surface area contributed by atoms with E-state index in [1.165, 1.54) is 6.07 Å². The van der Waals surface area contributed by atoms with Gasteiger partial charge in [-0.25, -0.2) is 4.39 Å². The molecule has 1 aliphatic rings. The molecule has 1 N–H and O–H groups in total. The average Bonchev–Trinajstić information content (AvgIpc) is 2.90. The number of carbonyl (C=O) groups is 1. The molecule has 2 rings (SSSR count). The van der Waals surface area contributed by atoms with E-state index < -0.39 is 5.54 Å². The van der Waals surface area contributed by atoms with Gasteiger partial charge < -0.3 is 10.2 Å². The van der Waals surface area contributed by atoms with Crippen LogP contribution in [0.2, 0.25) is 0 Å². The van der Waals surface area contributed by atoms with Crippen LogP contribution in [0.3, 0.4) is 0 Å². The van der Waals surface area contributed by atoms with Crippen molar-refractivity contribution in [3.63, 3.8) is 0 Å². The number of halogens is 1. The first-order chi connectivity index (χ1) is 9.59. The number of benzene rings is 1. The Labute approximate surface area is 120 Å². The van der Waals surface area contributed by atoms with Crippen molar-refractivity contribution in [3.05, 3.63) is 35.6 Å². The van der Waals surface area contributed by atoms with Crippen molar-refractivity contribution >= 4 is 5.91 Å². The standard InChI is InChI=1S/C16H23FN2O/c1-3-9-16(10-6-11-18-16)15(20)19(2)12-13-7-4-5-8-14(13)17/h4-5,7-8,18H,3,6,9-12H2,1-2H3. The number of carbonyl (C=O) groups excluding carboxylic acids is 1. The second-order valence-corrected chi connectivity index (χ2v) is 5.62. The minimum Gasteiger partial charge on any atom is -0.340 e. The van der Waals surface area contributed by atoms with E-state index >= 15 is 0 Å². The topological polar surface area (TPSA) is 32.3 Å². The Bertz CT molecular complexity index is 469. The van der Waals surface area contributed by atoms with Gasteiger partial charge in [0.1, 0.15) is 5.82 Å². The lowest BCUT2D eigenvalue weighted by Gasteiger charge is -2.32. The molecule has 3 nitrogen and oxygen atoms in total. The van der Waals surface area contributed by atoms with E-state index in [1.54, 1.807) is 30.1 Å². The third-order valence-electron chi connectivity index (χ3n) is 4.04. The predicted molar refractivity (Wildman–Crippen MR) is 77.7 cm³/mol. The molecule has 1 aliphatic heterocycles. The number of likely N-dealkylation sites (N-methyl/N-ethyl adjacent to an activating group) is 1. The monoisotopic (exact) mass is 278 g/mol. The Morgan fingerprint density at radius 2 is 2.20 bits per heavy atom. The predicted octanol–water partition coefficient (Wildman–Crippen LogP) is 2.71. The van der Waals surface area contributed by atoms with E-state index in [0.717, 1.165) is 32.2 Å². The summed E-state index contributed by atoms with van der Waals surface area (Å²) in [6, 6.07) is 6.63. The van der Waals surface area contributed by atoms with Gasteiger partial charge in [-0.15, -0.1) is 0 Å². The maximum Gasteiger partial charge on any atom is 0.242 e. The first kappa shape index (κ1) is 15.0. The van der Waals surface area contributed by atoms with E-state index in [9.17, 15) is 9.18 Å². The average molecular weight is 278 g/mol. The maximum absolute atomic E-state index is 13.7. The van der Waals surface area contributed by atoms with Crippen molar-refractivity contribution in [2.45, 2.75) is 44.7 Å². The molecular formula is C16H23FN2O. The van der Waals surface area contributed by atoms with E-state index in [0.29, 0.717) is 12.1 Å². The third kappa shape index (κ3) is 3.01. The summed E-state index contributed by atoms with van der Waals surface area (Å²) in [4.78, 5) is 14.4. The fourth-order valence-electron chi connectivity index (χ4n) is 3.06. The number of hydrogen-bond acceptors (Lipinski definition) is 2. The number of rotatable bonds is 5. The van der Waals surface area contributed by atoms with Crippen molar-refractivity contribution in [3.8, 4) is 0 Å². The van der Waals surface area contributed by atoms with Crippen LogP contribution in [0.25, 0.3) is 0 Å². The van der Waals surface area contributed by atoms with E-state index in [2.05, 4.69) is 12.2 Å². The lowest BCUT2D eigenvalue weighted by Crippen LogP contribution is -2.53. The zero-order valence-electron chi connectivity index (χ0n) is 12.3. The largest absolute Gasteiger partial charge is 0.340 e. The Kier molecular flexibility index (Phi) is 4.76. The molecule has 110 valence electrons. The summed E-state index contributed by atoms with van der Waals surface area (Å²) >= 11 is 0. The van der Waals surface area contributed by atoms with Gasteiger partial charge in [0.05, 0.1) is 5.54 Å². The number of nitrogens with one attached hydrogen (secondary N) is 1. The Balaban J connectivity index is 2.10. The lowest BCUT2D eigenvalue weighted by atomic mass is 9.90. The van der Waals surface area contributed by atoms with Gasteiger partial charge >= 0.3 is 0 Å². The van der Waals surface area contributed by atoms with Crippen molar-refractivity contribution in [1.29, 1.82) is 0 Å². The van der Waals surface area contributed by atoms with Gasteiger partial charge in [-0.3, -0.25) is 4.79 Å². The van der Waals surface area contributed by atoms with Crippen LogP contribution < -0.4 is 5.32 Å². The summed E-state index contributed by atoms with van der Waals surface area (Å²) in [7, 11) is 1.76. The SMILES string of the molecule is CCCC1(C(=O)N(C)Cc2ccccc2F)CCCN1. The molecule has 1 fully saturated rings. The third-order valence-corrected chi connectivity index (χ3v) is 4.04. The van der Waals surface area contributed by atoms with Crippen LogP contribution in [-0.2, 0) is 11.3 Å². The van der Waals surface area contributed by atoms with Crippen LogP contribution in [0, 0.1) is 5.82 Å². The van der Waals surface area contributed by atoms with Gasteiger partial charge in [0, 0.05) is 19.2 Å². The van der Waals surface area contributed by atoms with Gasteiger partial charge in [0.2, 0.25) is 5.91 Å². The summed E-state index contributed by atoms with van der Waals surface area (Å²) in [6.07, 6.45) is 3.71. The molecule has 1 aromatic carbocycles. The van der Waals surface area contributed by atoms with Crippen molar-refractivity contribution in [2.24, 2.45) is 0 Å². The normalized spacial score (nSPS) is 21.9. The minimum atomic E-state index is -0.436. The Morgan fingerprint density at radius 3 is 2.80 bits per heavy atom. The van der Waals surface area contributed by atoms with Crippen LogP contribution in [0.5, 0.6) is 0 Å². The Hall–Kier alpha value is -1.42. The highest BCUT2D eigenvalue weighted by Gasteiger charge is 2.41. The molecule has 0 bridgehead atoms. The molecule has 1 saturated heterocycles. The van der Waals surface area contributed by atoms with Gasteiger partial charge in [0.15, 0.2) is 0 Å². The van der Waals surface area contributed by atoms with Crippen LogP contribution in [0.15, 0.2) is 24.3 Å². The zero-order chi connectivity index (χ0) is 14.6. The number of nitrogens with zero attached hydrogens (tertiary/aromatic N) is 1. The summed E-state index contributed by atoms with van der Waals surface area (Å²) in [6.45, 7) is 3.30. The molecule has 1 aromatic rings.